The lowest BCUT2D eigenvalue weighted by molar-refractivity contribution is -0.370. The minimum Gasteiger partial charge on any atom is -0.366 e. The van der Waals surface area contributed by atoms with E-state index >= 15 is 4.79 Å². The summed E-state index contributed by atoms with van der Waals surface area (Å²) in [5.41, 5.74) is 7.85. The largest absolute Gasteiger partial charge is 0.403 e. The fourth-order valence-corrected chi connectivity index (χ4v) is 12.6. The van der Waals surface area contributed by atoms with Crippen LogP contribution in [0.1, 0.15) is 121 Å². The number of ether oxygens (including phenoxy) is 1. The van der Waals surface area contributed by atoms with Crippen molar-refractivity contribution >= 4 is 62.9 Å². The summed E-state index contributed by atoms with van der Waals surface area (Å²) in [7, 11) is 1.67. The van der Waals surface area contributed by atoms with Crippen LogP contribution in [-0.2, 0) is 36.4 Å². The number of carbonyl (C=O) groups excluding carboxylic acids is 4. The molecule has 8 heterocycles. The van der Waals surface area contributed by atoms with Crippen LogP contribution < -0.4 is 16.3 Å². The lowest BCUT2D eigenvalue weighted by Crippen LogP contribution is -2.53. The van der Waals surface area contributed by atoms with Crippen molar-refractivity contribution in [1.82, 2.24) is 43.7 Å². The number of pyridine rings is 1. The molecular formula is C56H66N11O6+. The average Bonchev–Trinajstić information content (AvgIpc) is 3.97. The number of carbonyl (C=O) groups is 4. The van der Waals surface area contributed by atoms with Gasteiger partial charge in [0.2, 0.25) is 23.4 Å². The third-order valence-corrected chi connectivity index (χ3v) is 17.0. The van der Waals surface area contributed by atoms with Gasteiger partial charge in [-0.05, 0) is 103 Å². The monoisotopic (exact) mass is 989 g/mol. The number of hydrogen-bond acceptors (Lipinski definition) is 11. The maximum absolute atomic E-state index is 15.2. The molecule has 1 atom stereocenters. The molecule has 2 saturated carbocycles. The van der Waals surface area contributed by atoms with Crippen LogP contribution in [0.15, 0.2) is 53.6 Å². The molecule has 2 N–H and O–H groups in total. The summed E-state index contributed by atoms with van der Waals surface area (Å²) in [6.45, 7) is 9.68. The highest BCUT2D eigenvalue weighted by molar-refractivity contribution is 6.01. The molecule has 1 spiro atoms. The van der Waals surface area contributed by atoms with E-state index in [9.17, 15) is 19.2 Å². The predicted molar refractivity (Wildman–Crippen MR) is 277 cm³/mol. The Morgan fingerprint density at radius 1 is 0.932 bits per heavy atom. The number of imidazole rings is 2. The summed E-state index contributed by atoms with van der Waals surface area (Å²) >= 11 is 0. The van der Waals surface area contributed by atoms with Crippen molar-refractivity contribution in [2.75, 3.05) is 57.7 Å². The number of anilines is 1. The SMILES string of the molecule is CC(C)n1cnc2cc(-c3ccc4c(c3)[N+](=C3CC(N5CCCCC5)C3)C(=O)C43CCN(C(=O)CN4CCC(OCC#Cc5cccc6c5n(C)c(=O)n6C5CCC(=O)NC5=O)CC4)CC3)nc(NC3CC3)c21. The number of piperidine rings is 4. The third kappa shape index (κ3) is 8.68. The number of nitrogens with zero attached hydrogens (tertiary/aromatic N) is 9. The second-order valence-corrected chi connectivity index (χ2v) is 21.9. The molecule has 7 aliphatic rings. The Kier molecular flexibility index (Phi) is 12.4. The molecular weight excluding hydrogens is 923 g/mol. The van der Waals surface area contributed by atoms with Crippen molar-refractivity contribution in [3.8, 4) is 23.1 Å². The van der Waals surface area contributed by atoms with E-state index in [1.807, 2.05) is 23.4 Å². The van der Waals surface area contributed by atoms with E-state index in [1.54, 1.807) is 13.1 Å². The van der Waals surface area contributed by atoms with Gasteiger partial charge in [0.05, 0.1) is 46.8 Å². The van der Waals surface area contributed by atoms with Crippen molar-refractivity contribution in [1.29, 1.82) is 0 Å². The fourth-order valence-electron chi connectivity index (χ4n) is 12.6. The number of fused-ring (bicyclic) bond motifs is 4. The first-order chi connectivity index (χ1) is 35.4. The van der Waals surface area contributed by atoms with Crippen LogP contribution in [0.25, 0.3) is 33.3 Å². The Bertz CT molecular complexity index is 3210. The van der Waals surface area contributed by atoms with Crippen molar-refractivity contribution in [2.24, 2.45) is 7.05 Å². The molecule has 0 bridgehead atoms. The number of amides is 4. The van der Waals surface area contributed by atoms with Crippen LogP contribution in [0, 0.1) is 11.8 Å². The maximum atomic E-state index is 15.2. The van der Waals surface area contributed by atoms with Crippen LogP contribution in [-0.4, -0.2) is 143 Å². The molecule has 6 fully saturated rings. The van der Waals surface area contributed by atoms with E-state index < -0.39 is 17.4 Å². The van der Waals surface area contributed by atoms with Crippen LogP contribution in [0.5, 0.6) is 0 Å². The summed E-state index contributed by atoms with van der Waals surface area (Å²) in [6, 6.07) is 14.5. The van der Waals surface area contributed by atoms with E-state index in [4.69, 9.17) is 14.7 Å². The molecule has 380 valence electrons. The molecule has 1 unspecified atom stereocenters. The van der Waals surface area contributed by atoms with E-state index in [-0.39, 0.29) is 55.0 Å². The van der Waals surface area contributed by atoms with Gasteiger partial charge in [-0.3, -0.25) is 38.6 Å². The van der Waals surface area contributed by atoms with E-state index in [2.05, 4.69) is 79.5 Å². The number of para-hydroxylation sites is 1. The smallest absolute Gasteiger partial charge is 0.366 e. The Morgan fingerprint density at radius 2 is 1.71 bits per heavy atom. The second kappa shape index (κ2) is 19.1. The molecule has 17 heteroatoms. The highest BCUT2D eigenvalue weighted by Gasteiger charge is 2.60. The van der Waals surface area contributed by atoms with Gasteiger partial charge in [0.25, 0.3) is 0 Å². The molecule has 2 aliphatic carbocycles. The summed E-state index contributed by atoms with van der Waals surface area (Å²) in [4.78, 5) is 83.8. The number of rotatable bonds is 10. The zero-order valence-electron chi connectivity index (χ0n) is 42.3. The molecule has 17 nitrogen and oxygen atoms in total. The van der Waals surface area contributed by atoms with E-state index in [0.29, 0.717) is 61.2 Å². The van der Waals surface area contributed by atoms with Crippen molar-refractivity contribution in [2.45, 2.75) is 133 Å². The summed E-state index contributed by atoms with van der Waals surface area (Å²) < 4.78 is 13.4. The molecule has 5 aliphatic heterocycles. The third-order valence-electron chi connectivity index (χ3n) is 17.0. The van der Waals surface area contributed by atoms with Gasteiger partial charge in [-0.2, -0.15) is 0 Å². The molecule has 73 heavy (non-hydrogen) atoms. The van der Waals surface area contributed by atoms with Crippen LogP contribution in [0.2, 0.25) is 0 Å². The number of benzene rings is 2. The number of likely N-dealkylation sites (tertiary alicyclic amines) is 3. The van der Waals surface area contributed by atoms with Gasteiger partial charge < -0.3 is 19.5 Å². The molecule has 3 aromatic heterocycles. The van der Waals surface area contributed by atoms with Gasteiger partial charge in [-0.15, -0.1) is 4.58 Å². The highest BCUT2D eigenvalue weighted by Crippen LogP contribution is 2.50. The standard InChI is InChI=1S/C56H65N11O6/c1-35(2)65-34-57-44-32-43(59-52(51(44)65)58-38-13-14-38)37-12-15-42-47(29-37)66(40-30-39(31-40)63-22-5-4-6-23-63)54(71)56(42)20-26-64(27-21-56)49(69)33-62-24-18-41(19-25-62)73-28-8-10-36-9-7-11-45-50(36)61(3)55(72)67(45)46-16-17-48(68)60-53(46)70/h7,9,11-12,15,29,32,34-35,38-39,41,46H,4-6,13-14,16-28,30-31,33H2,1-3H3,(H-,58,59,60,68,70)/p+1. The summed E-state index contributed by atoms with van der Waals surface area (Å²) in [6.07, 6.45) is 13.0. The number of nitrogens with one attached hydrogen (secondary N) is 2. The number of hydrogen-bond donors (Lipinski definition) is 2. The molecule has 12 rings (SSSR count). The molecule has 4 saturated heterocycles. The van der Waals surface area contributed by atoms with Gasteiger partial charge in [0.15, 0.2) is 11.5 Å². The molecule has 5 aromatic rings. The normalized spacial score (nSPS) is 22.8. The van der Waals surface area contributed by atoms with Crippen molar-refractivity contribution < 1.29 is 28.5 Å². The quantitative estimate of drug-likeness (QED) is 0.102. The Morgan fingerprint density at radius 3 is 2.45 bits per heavy atom. The first kappa shape index (κ1) is 47.5. The zero-order chi connectivity index (χ0) is 50.1. The van der Waals surface area contributed by atoms with Crippen molar-refractivity contribution in [3.63, 3.8) is 0 Å². The average molecular weight is 989 g/mol. The van der Waals surface area contributed by atoms with Crippen LogP contribution in [0.3, 0.4) is 0 Å². The number of aryl methyl sites for hydroxylation is 1. The lowest BCUT2D eigenvalue weighted by atomic mass is 9.73. The summed E-state index contributed by atoms with van der Waals surface area (Å²) in [5, 5.41) is 6.05. The number of aromatic nitrogens is 5. The van der Waals surface area contributed by atoms with E-state index in [0.717, 1.165) is 104 Å². The Hall–Kier alpha value is -6.48. The predicted octanol–water partition coefficient (Wildman–Crippen LogP) is 5.55. The fraction of sp³-hybridized carbons (Fsp3) is 0.536. The highest BCUT2D eigenvalue weighted by atomic mass is 16.5. The minimum atomic E-state index is -0.763. The Labute approximate surface area is 424 Å². The van der Waals surface area contributed by atoms with Gasteiger partial charge in [0, 0.05) is 87.8 Å². The zero-order valence-corrected chi connectivity index (χ0v) is 42.3. The molecule has 4 amide bonds. The first-order valence-corrected chi connectivity index (χ1v) is 26.8. The van der Waals surface area contributed by atoms with Gasteiger partial charge >= 0.3 is 11.6 Å². The second-order valence-electron chi connectivity index (χ2n) is 21.9. The van der Waals surface area contributed by atoms with Gasteiger partial charge in [-0.25, -0.2) is 19.6 Å². The maximum Gasteiger partial charge on any atom is 0.403 e. The Balaban J connectivity index is 0.701. The minimum absolute atomic E-state index is 0.00788. The van der Waals surface area contributed by atoms with E-state index in [1.165, 1.54) is 34.1 Å². The lowest BCUT2D eigenvalue weighted by Gasteiger charge is -2.39. The van der Waals surface area contributed by atoms with Gasteiger partial charge in [0.1, 0.15) is 23.6 Å². The van der Waals surface area contributed by atoms with Gasteiger partial charge in [-0.1, -0.05) is 36.5 Å². The van der Waals surface area contributed by atoms with Crippen molar-refractivity contribution in [3.05, 3.63) is 70.4 Å². The van der Waals surface area contributed by atoms with Crippen LogP contribution >= 0.6 is 0 Å². The molecule has 0 radical (unpaired) electrons. The number of imide groups is 1. The first-order valence-electron chi connectivity index (χ1n) is 26.8. The molecule has 2 aromatic carbocycles. The topological polar surface area (TPSA) is 172 Å². The van der Waals surface area contributed by atoms with Crippen LogP contribution in [0.4, 0.5) is 11.5 Å². The summed E-state index contributed by atoms with van der Waals surface area (Å²) in [5.74, 6) is 6.64.